The van der Waals surface area contributed by atoms with E-state index in [0.29, 0.717) is 5.41 Å². The first kappa shape index (κ1) is 12.0. The number of aromatic amines is 1. The highest BCUT2D eigenvalue weighted by molar-refractivity contribution is 9.09. The quantitative estimate of drug-likeness (QED) is 0.642. The van der Waals surface area contributed by atoms with E-state index in [1.165, 1.54) is 12.8 Å². The van der Waals surface area contributed by atoms with Gasteiger partial charge in [0.05, 0.1) is 0 Å². The Morgan fingerprint density at radius 3 is 2.64 bits per heavy atom. The number of alkyl halides is 1. The molecule has 0 unspecified atom stereocenters. The van der Waals surface area contributed by atoms with Crippen LogP contribution in [0.4, 0.5) is 0 Å². The number of rotatable bonds is 6. The molecule has 0 spiro atoms. The molecule has 1 aromatic rings. The summed E-state index contributed by atoms with van der Waals surface area (Å²) in [6.07, 6.45) is 3.93. The van der Waals surface area contributed by atoms with E-state index in [0.717, 1.165) is 16.2 Å². The van der Waals surface area contributed by atoms with Crippen LogP contribution >= 0.6 is 27.7 Å². The molecule has 5 heteroatoms. The summed E-state index contributed by atoms with van der Waals surface area (Å²) in [5, 5.41) is 8.66. The first-order valence-electron chi connectivity index (χ1n) is 4.80. The Labute approximate surface area is 97.6 Å². The lowest BCUT2D eigenvalue weighted by atomic mass is 9.87. The Bertz CT molecular complexity index is 238. The Morgan fingerprint density at radius 1 is 1.50 bits per heavy atom. The standard InChI is InChI=1S/C9H16BrN3S/c1-3-9(4-2,5-10)6-14-8-11-7-12-13-8/h7H,3-6H2,1-2H3,(H,11,12,13). The van der Waals surface area contributed by atoms with Gasteiger partial charge >= 0.3 is 0 Å². The third-order valence-electron chi connectivity index (χ3n) is 2.69. The second-order valence-electron chi connectivity index (χ2n) is 3.42. The van der Waals surface area contributed by atoms with Crippen LogP contribution in [0.3, 0.4) is 0 Å². The zero-order valence-corrected chi connectivity index (χ0v) is 11.0. The third-order valence-corrected chi connectivity index (χ3v) is 5.11. The van der Waals surface area contributed by atoms with Crippen LogP contribution in [0.5, 0.6) is 0 Å². The average Bonchev–Trinajstić information content (AvgIpc) is 2.74. The van der Waals surface area contributed by atoms with Crippen molar-refractivity contribution in [1.29, 1.82) is 0 Å². The van der Waals surface area contributed by atoms with Crippen molar-refractivity contribution < 1.29 is 0 Å². The van der Waals surface area contributed by atoms with Crippen molar-refractivity contribution >= 4 is 27.7 Å². The minimum absolute atomic E-state index is 0.386. The van der Waals surface area contributed by atoms with Crippen LogP contribution in [0.1, 0.15) is 26.7 Å². The molecule has 0 saturated carbocycles. The predicted octanol–water partition coefficient (Wildman–Crippen LogP) is 3.10. The molecule has 1 heterocycles. The first-order valence-corrected chi connectivity index (χ1v) is 6.91. The summed E-state index contributed by atoms with van der Waals surface area (Å²) in [6.45, 7) is 4.48. The van der Waals surface area contributed by atoms with Crippen LogP contribution in [0.2, 0.25) is 0 Å². The number of aromatic nitrogens is 3. The summed E-state index contributed by atoms with van der Waals surface area (Å²) >= 11 is 5.35. The maximum atomic E-state index is 4.10. The number of hydrogen-bond acceptors (Lipinski definition) is 3. The van der Waals surface area contributed by atoms with E-state index >= 15 is 0 Å². The minimum Gasteiger partial charge on any atom is -0.254 e. The van der Waals surface area contributed by atoms with Gasteiger partial charge < -0.3 is 0 Å². The normalized spacial score (nSPS) is 11.9. The van der Waals surface area contributed by atoms with Gasteiger partial charge in [0.25, 0.3) is 0 Å². The maximum absolute atomic E-state index is 4.10. The zero-order valence-electron chi connectivity index (χ0n) is 8.59. The highest BCUT2D eigenvalue weighted by Crippen LogP contribution is 2.34. The fraction of sp³-hybridized carbons (Fsp3) is 0.778. The Hall–Kier alpha value is -0.0300. The molecule has 1 rings (SSSR count). The number of thioether (sulfide) groups is 1. The van der Waals surface area contributed by atoms with Gasteiger partial charge in [0.2, 0.25) is 0 Å². The third kappa shape index (κ3) is 2.98. The van der Waals surface area contributed by atoms with Crippen molar-refractivity contribution in [1.82, 2.24) is 15.2 Å². The molecular weight excluding hydrogens is 262 g/mol. The number of halogens is 1. The monoisotopic (exact) mass is 277 g/mol. The number of nitrogens with zero attached hydrogens (tertiary/aromatic N) is 2. The molecule has 1 aromatic heterocycles. The van der Waals surface area contributed by atoms with Crippen molar-refractivity contribution in [3.05, 3.63) is 6.33 Å². The van der Waals surface area contributed by atoms with Crippen LogP contribution in [-0.4, -0.2) is 26.3 Å². The summed E-state index contributed by atoms with van der Waals surface area (Å²) < 4.78 is 0. The van der Waals surface area contributed by atoms with Gasteiger partial charge in [0, 0.05) is 11.1 Å². The Morgan fingerprint density at radius 2 is 2.21 bits per heavy atom. The first-order chi connectivity index (χ1) is 6.76. The molecule has 1 N–H and O–H groups in total. The molecule has 14 heavy (non-hydrogen) atoms. The summed E-state index contributed by atoms with van der Waals surface area (Å²) in [6, 6.07) is 0. The maximum Gasteiger partial charge on any atom is 0.183 e. The molecule has 0 radical (unpaired) electrons. The lowest BCUT2D eigenvalue weighted by Gasteiger charge is -2.28. The minimum atomic E-state index is 0.386. The Kier molecular flexibility index (Phi) is 4.95. The van der Waals surface area contributed by atoms with Gasteiger partial charge in [-0.15, -0.1) is 0 Å². The van der Waals surface area contributed by atoms with Crippen LogP contribution in [0, 0.1) is 5.41 Å². The molecule has 0 bridgehead atoms. The molecule has 0 aromatic carbocycles. The summed E-state index contributed by atoms with van der Waals surface area (Å²) in [5.41, 5.74) is 0.386. The van der Waals surface area contributed by atoms with Crippen molar-refractivity contribution in [2.75, 3.05) is 11.1 Å². The van der Waals surface area contributed by atoms with Crippen molar-refractivity contribution in [3.8, 4) is 0 Å². The van der Waals surface area contributed by atoms with E-state index in [2.05, 4.69) is 45.0 Å². The average molecular weight is 278 g/mol. The largest absolute Gasteiger partial charge is 0.254 e. The second-order valence-corrected chi connectivity index (χ2v) is 4.94. The van der Waals surface area contributed by atoms with E-state index in [1.807, 2.05) is 0 Å². The lowest BCUT2D eigenvalue weighted by molar-refractivity contribution is 0.359. The van der Waals surface area contributed by atoms with E-state index in [9.17, 15) is 0 Å². The van der Waals surface area contributed by atoms with Gasteiger partial charge in [-0.3, -0.25) is 5.10 Å². The second kappa shape index (κ2) is 5.75. The molecule has 0 amide bonds. The molecule has 0 aliphatic rings. The fourth-order valence-electron chi connectivity index (χ4n) is 1.17. The van der Waals surface area contributed by atoms with E-state index in [1.54, 1.807) is 18.1 Å². The van der Waals surface area contributed by atoms with Crippen molar-refractivity contribution in [2.45, 2.75) is 31.8 Å². The van der Waals surface area contributed by atoms with Crippen LogP contribution in [0.25, 0.3) is 0 Å². The zero-order chi connectivity index (χ0) is 10.4. The van der Waals surface area contributed by atoms with Gasteiger partial charge in [-0.2, -0.15) is 5.10 Å². The van der Waals surface area contributed by atoms with Crippen molar-refractivity contribution in [2.24, 2.45) is 5.41 Å². The molecule has 3 nitrogen and oxygen atoms in total. The van der Waals surface area contributed by atoms with E-state index in [-0.39, 0.29) is 0 Å². The molecule has 0 saturated heterocycles. The van der Waals surface area contributed by atoms with Gasteiger partial charge in [0.15, 0.2) is 5.16 Å². The molecule has 0 aliphatic carbocycles. The number of H-pyrrole nitrogens is 1. The van der Waals surface area contributed by atoms with Gasteiger partial charge in [-0.05, 0) is 18.3 Å². The highest BCUT2D eigenvalue weighted by atomic mass is 79.9. The molecule has 0 atom stereocenters. The van der Waals surface area contributed by atoms with E-state index < -0.39 is 0 Å². The van der Waals surface area contributed by atoms with E-state index in [4.69, 9.17) is 0 Å². The summed E-state index contributed by atoms with van der Waals surface area (Å²) in [4.78, 5) is 4.10. The van der Waals surface area contributed by atoms with Crippen LogP contribution in [-0.2, 0) is 0 Å². The van der Waals surface area contributed by atoms with Gasteiger partial charge in [-0.1, -0.05) is 41.5 Å². The SMILES string of the molecule is CCC(CC)(CBr)CSc1ncn[nH]1. The van der Waals surface area contributed by atoms with Gasteiger partial charge in [-0.25, -0.2) is 4.98 Å². The summed E-state index contributed by atoms with van der Waals surface area (Å²) in [7, 11) is 0. The van der Waals surface area contributed by atoms with Crippen molar-refractivity contribution in [3.63, 3.8) is 0 Å². The summed E-state index contributed by atoms with van der Waals surface area (Å²) in [5.74, 6) is 1.08. The highest BCUT2D eigenvalue weighted by Gasteiger charge is 2.25. The topological polar surface area (TPSA) is 41.6 Å². The molecule has 0 aliphatic heterocycles. The smallest absolute Gasteiger partial charge is 0.183 e. The number of hydrogen-bond donors (Lipinski definition) is 1. The molecule has 80 valence electrons. The molecular formula is C9H16BrN3S. The van der Waals surface area contributed by atoms with Gasteiger partial charge in [0.1, 0.15) is 6.33 Å². The Balaban J connectivity index is 2.48. The number of nitrogens with one attached hydrogen (secondary N) is 1. The molecule has 0 fully saturated rings. The lowest BCUT2D eigenvalue weighted by Crippen LogP contribution is -2.23. The predicted molar refractivity (Wildman–Crippen MR) is 63.9 cm³/mol. The van der Waals surface area contributed by atoms with Crippen LogP contribution < -0.4 is 0 Å². The van der Waals surface area contributed by atoms with Crippen LogP contribution in [0.15, 0.2) is 11.5 Å². The fourth-order valence-corrected chi connectivity index (χ4v) is 3.61.